The molecule has 6 nitrogen and oxygen atoms in total. The number of anilines is 1. The molecule has 28 heavy (non-hydrogen) atoms. The number of nitrogens with zero attached hydrogens (tertiary/aromatic N) is 4. The van der Waals surface area contributed by atoms with Gasteiger partial charge in [0.15, 0.2) is 5.13 Å². The highest BCUT2D eigenvalue weighted by molar-refractivity contribution is 7.19. The topological polar surface area (TPSA) is 63.2 Å². The first-order valence-electron chi connectivity index (χ1n) is 9.74. The highest BCUT2D eigenvalue weighted by atomic mass is 32.1. The molecule has 0 amide bonds. The summed E-state index contributed by atoms with van der Waals surface area (Å²) in [5.74, 6) is 1.44. The maximum absolute atomic E-state index is 5.33. The Kier molecular flexibility index (Phi) is 4.70. The minimum atomic E-state index is 0.588. The van der Waals surface area contributed by atoms with Gasteiger partial charge in [-0.1, -0.05) is 11.3 Å². The predicted octanol–water partition coefficient (Wildman–Crippen LogP) is 3.56. The first-order chi connectivity index (χ1) is 13.8. The Morgan fingerprint density at radius 2 is 1.89 bits per heavy atom. The molecule has 0 spiro atoms. The van der Waals surface area contributed by atoms with E-state index in [1.807, 2.05) is 18.3 Å². The van der Waals surface area contributed by atoms with Gasteiger partial charge >= 0.3 is 0 Å². The number of benzene rings is 1. The van der Waals surface area contributed by atoms with Gasteiger partial charge in [0.05, 0.1) is 23.4 Å². The van der Waals surface area contributed by atoms with Gasteiger partial charge in [0.1, 0.15) is 12.1 Å². The SMILES string of the molecule is COc1ccc(-c2nc(N3CCNCC3)sc2-c2ncncc2C2CC2)cc1. The summed E-state index contributed by atoms with van der Waals surface area (Å²) in [4.78, 5) is 17.6. The van der Waals surface area contributed by atoms with Gasteiger partial charge in [-0.2, -0.15) is 0 Å². The van der Waals surface area contributed by atoms with Crippen molar-refractivity contribution in [3.05, 3.63) is 42.4 Å². The van der Waals surface area contributed by atoms with Crippen LogP contribution in [-0.4, -0.2) is 48.2 Å². The normalized spacial score (nSPS) is 17.0. The molecule has 2 aliphatic rings. The average molecular weight is 394 g/mol. The number of rotatable bonds is 5. The Balaban J connectivity index is 1.62. The molecule has 1 aliphatic heterocycles. The van der Waals surface area contributed by atoms with E-state index in [4.69, 9.17) is 14.7 Å². The van der Waals surface area contributed by atoms with Crippen molar-refractivity contribution < 1.29 is 4.74 Å². The number of aromatic nitrogens is 3. The summed E-state index contributed by atoms with van der Waals surface area (Å²) in [6.07, 6.45) is 6.09. The highest BCUT2D eigenvalue weighted by Crippen LogP contribution is 2.47. The largest absolute Gasteiger partial charge is 0.497 e. The minimum Gasteiger partial charge on any atom is -0.497 e. The van der Waals surface area contributed by atoms with E-state index in [-0.39, 0.29) is 0 Å². The van der Waals surface area contributed by atoms with Gasteiger partial charge < -0.3 is 15.0 Å². The summed E-state index contributed by atoms with van der Waals surface area (Å²) in [6.45, 7) is 3.95. The van der Waals surface area contributed by atoms with E-state index in [1.165, 1.54) is 18.4 Å². The molecule has 5 rings (SSSR count). The number of piperazine rings is 1. The minimum absolute atomic E-state index is 0.588. The van der Waals surface area contributed by atoms with Crippen LogP contribution in [0, 0.1) is 0 Å². The summed E-state index contributed by atoms with van der Waals surface area (Å²) in [7, 11) is 1.69. The Hall–Kier alpha value is -2.51. The number of thiazole rings is 1. The van der Waals surface area contributed by atoms with Crippen LogP contribution in [-0.2, 0) is 0 Å². The maximum atomic E-state index is 5.33. The summed E-state index contributed by atoms with van der Waals surface area (Å²) in [5.41, 5.74) is 4.39. The predicted molar refractivity (Wildman–Crippen MR) is 112 cm³/mol. The Morgan fingerprint density at radius 1 is 1.11 bits per heavy atom. The van der Waals surface area contributed by atoms with Crippen molar-refractivity contribution in [3.63, 3.8) is 0 Å². The second-order valence-corrected chi connectivity index (χ2v) is 8.22. The van der Waals surface area contributed by atoms with Gasteiger partial charge in [-0.25, -0.2) is 15.0 Å². The Labute approximate surface area is 168 Å². The number of ether oxygens (including phenoxy) is 1. The third-order valence-corrected chi connectivity index (χ3v) is 6.46. The van der Waals surface area contributed by atoms with Crippen LogP contribution in [0.4, 0.5) is 5.13 Å². The van der Waals surface area contributed by atoms with Crippen LogP contribution in [0.15, 0.2) is 36.8 Å². The highest BCUT2D eigenvalue weighted by Gasteiger charge is 2.30. The van der Waals surface area contributed by atoms with E-state index in [2.05, 4.69) is 27.3 Å². The molecule has 0 bridgehead atoms. The van der Waals surface area contributed by atoms with Gasteiger partial charge in [-0.15, -0.1) is 0 Å². The van der Waals surface area contributed by atoms with Crippen molar-refractivity contribution in [2.75, 3.05) is 38.2 Å². The molecule has 1 aliphatic carbocycles. The lowest BCUT2D eigenvalue weighted by Crippen LogP contribution is -2.43. The first-order valence-corrected chi connectivity index (χ1v) is 10.6. The van der Waals surface area contributed by atoms with Crippen LogP contribution in [0.25, 0.3) is 21.8 Å². The third-order valence-electron chi connectivity index (χ3n) is 5.34. The van der Waals surface area contributed by atoms with Crippen molar-refractivity contribution in [1.29, 1.82) is 0 Å². The van der Waals surface area contributed by atoms with Crippen molar-refractivity contribution in [2.24, 2.45) is 0 Å². The van der Waals surface area contributed by atoms with E-state index in [9.17, 15) is 0 Å². The molecule has 3 aromatic rings. The van der Waals surface area contributed by atoms with Crippen molar-refractivity contribution in [3.8, 4) is 27.6 Å². The molecule has 7 heteroatoms. The number of hydrogen-bond acceptors (Lipinski definition) is 7. The lowest BCUT2D eigenvalue weighted by Gasteiger charge is -2.26. The number of methoxy groups -OCH3 is 1. The molecular formula is C21H23N5OS. The zero-order valence-electron chi connectivity index (χ0n) is 15.9. The molecule has 0 atom stereocenters. The van der Waals surface area contributed by atoms with Crippen LogP contribution >= 0.6 is 11.3 Å². The fourth-order valence-electron chi connectivity index (χ4n) is 3.63. The second-order valence-electron chi connectivity index (χ2n) is 7.24. The van der Waals surface area contributed by atoms with E-state index < -0.39 is 0 Å². The van der Waals surface area contributed by atoms with E-state index in [0.29, 0.717) is 5.92 Å². The molecule has 2 aromatic heterocycles. The maximum Gasteiger partial charge on any atom is 0.186 e. The van der Waals surface area contributed by atoms with Gasteiger partial charge in [0.2, 0.25) is 0 Å². The molecule has 1 saturated heterocycles. The molecule has 1 saturated carbocycles. The quantitative estimate of drug-likeness (QED) is 0.715. The van der Waals surface area contributed by atoms with Gasteiger partial charge in [0.25, 0.3) is 0 Å². The van der Waals surface area contributed by atoms with Crippen LogP contribution in [0.5, 0.6) is 5.75 Å². The molecule has 0 radical (unpaired) electrons. The van der Waals surface area contributed by atoms with Crippen molar-refractivity contribution >= 4 is 16.5 Å². The Morgan fingerprint density at radius 3 is 2.61 bits per heavy atom. The van der Waals surface area contributed by atoms with E-state index in [0.717, 1.165) is 58.9 Å². The van der Waals surface area contributed by atoms with Gasteiger partial charge in [-0.3, -0.25) is 0 Å². The van der Waals surface area contributed by atoms with E-state index >= 15 is 0 Å². The van der Waals surface area contributed by atoms with Gasteiger partial charge in [0, 0.05) is 43.5 Å². The number of nitrogens with one attached hydrogen (secondary N) is 1. The summed E-state index contributed by atoms with van der Waals surface area (Å²) < 4.78 is 5.33. The molecule has 1 aromatic carbocycles. The number of hydrogen-bond donors (Lipinski definition) is 1. The van der Waals surface area contributed by atoms with Crippen LogP contribution < -0.4 is 15.0 Å². The molecule has 1 N–H and O–H groups in total. The smallest absolute Gasteiger partial charge is 0.186 e. The fourth-order valence-corrected chi connectivity index (χ4v) is 4.79. The lowest BCUT2D eigenvalue weighted by molar-refractivity contribution is 0.415. The molecule has 2 fully saturated rings. The Bertz CT molecular complexity index is 961. The van der Waals surface area contributed by atoms with Crippen LogP contribution in [0.3, 0.4) is 0 Å². The van der Waals surface area contributed by atoms with Crippen molar-refractivity contribution in [2.45, 2.75) is 18.8 Å². The van der Waals surface area contributed by atoms with Crippen LogP contribution in [0.2, 0.25) is 0 Å². The van der Waals surface area contributed by atoms with Crippen LogP contribution in [0.1, 0.15) is 24.3 Å². The summed E-state index contributed by atoms with van der Waals surface area (Å²) in [6, 6.07) is 8.14. The molecular weight excluding hydrogens is 370 g/mol. The first kappa shape index (κ1) is 17.6. The second kappa shape index (κ2) is 7.48. The molecule has 144 valence electrons. The summed E-state index contributed by atoms with van der Waals surface area (Å²) >= 11 is 1.75. The summed E-state index contributed by atoms with van der Waals surface area (Å²) in [5, 5.41) is 4.49. The zero-order chi connectivity index (χ0) is 18.9. The monoisotopic (exact) mass is 393 g/mol. The third kappa shape index (κ3) is 3.36. The van der Waals surface area contributed by atoms with Gasteiger partial charge in [-0.05, 0) is 43.0 Å². The average Bonchev–Trinajstić information content (AvgIpc) is 3.52. The molecule has 3 heterocycles. The van der Waals surface area contributed by atoms with Crippen molar-refractivity contribution in [1.82, 2.24) is 20.3 Å². The standard InChI is InChI=1S/C21H23N5OS/c1-27-16-6-4-15(5-7-16)18-20(19-17(14-2-3-14)12-23-13-24-19)28-21(25-18)26-10-8-22-9-11-26/h4-7,12-14,22H,2-3,8-11H2,1H3. The van der Waals surface area contributed by atoms with E-state index in [1.54, 1.807) is 24.8 Å². The zero-order valence-corrected chi connectivity index (χ0v) is 16.7. The molecule has 0 unspecified atom stereocenters. The fraction of sp³-hybridized carbons (Fsp3) is 0.381. The lowest BCUT2D eigenvalue weighted by atomic mass is 10.1.